The van der Waals surface area contributed by atoms with Gasteiger partial charge < -0.3 is 5.32 Å². The monoisotopic (exact) mass is 223 g/mol. The minimum Gasteiger partial charge on any atom is -0.384 e. The zero-order valence-corrected chi connectivity index (χ0v) is 8.55. The second-order valence-electron chi connectivity index (χ2n) is 2.27. The van der Waals surface area contributed by atoms with Gasteiger partial charge in [0.25, 0.3) is 0 Å². The summed E-state index contributed by atoms with van der Waals surface area (Å²) in [4.78, 5) is 0. The maximum absolute atomic E-state index is 5.77. The van der Waals surface area contributed by atoms with Gasteiger partial charge in [0, 0.05) is 28.2 Å². The maximum Gasteiger partial charge on any atom is 0.0441 e. The Hall–Kier alpha value is -0.110. The van der Waals surface area contributed by atoms with Gasteiger partial charge in [-0.2, -0.15) is 0 Å². The average molecular weight is 225 g/mol. The summed E-state index contributed by atoms with van der Waals surface area (Å²) < 4.78 is 0. The molecule has 0 saturated carbocycles. The van der Waals surface area contributed by atoms with E-state index < -0.39 is 0 Å². The Labute approximate surface area is 86.6 Å². The van der Waals surface area contributed by atoms with Crippen molar-refractivity contribution in [1.29, 1.82) is 0 Å². The van der Waals surface area contributed by atoms with Gasteiger partial charge in [-0.3, -0.25) is 0 Å². The van der Waals surface area contributed by atoms with E-state index in [1.54, 1.807) is 18.2 Å². The SMILES string of the molecule is ClCCNc1cc(Cl)cc(Cl)c1. The topological polar surface area (TPSA) is 12.0 Å². The van der Waals surface area contributed by atoms with Crippen LogP contribution in [0.1, 0.15) is 0 Å². The Kier molecular flexibility index (Phi) is 3.99. The molecular weight excluding hydrogens is 216 g/mol. The third-order valence-corrected chi connectivity index (χ3v) is 1.91. The van der Waals surface area contributed by atoms with Crippen LogP contribution in [0.15, 0.2) is 18.2 Å². The normalized spacial score (nSPS) is 9.92. The number of hydrogen-bond acceptors (Lipinski definition) is 1. The highest BCUT2D eigenvalue weighted by Gasteiger charge is 1.96. The standard InChI is InChI=1S/C8H8Cl3N/c9-1-2-12-8-4-6(10)3-7(11)5-8/h3-5,12H,1-2H2. The molecule has 0 aliphatic heterocycles. The molecule has 0 aliphatic carbocycles. The van der Waals surface area contributed by atoms with Crippen molar-refractivity contribution in [3.05, 3.63) is 28.2 Å². The highest BCUT2D eigenvalue weighted by molar-refractivity contribution is 6.35. The Morgan fingerprint density at radius 1 is 1.08 bits per heavy atom. The van der Waals surface area contributed by atoms with Crippen molar-refractivity contribution < 1.29 is 0 Å². The van der Waals surface area contributed by atoms with Gasteiger partial charge in [0.2, 0.25) is 0 Å². The first-order valence-corrected chi connectivity index (χ1v) is 4.77. The number of nitrogens with one attached hydrogen (secondary N) is 1. The van der Waals surface area contributed by atoms with Crippen molar-refractivity contribution in [2.75, 3.05) is 17.7 Å². The number of halogens is 3. The fourth-order valence-corrected chi connectivity index (χ4v) is 1.47. The molecule has 0 atom stereocenters. The number of hydrogen-bond donors (Lipinski definition) is 1. The highest BCUT2D eigenvalue weighted by atomic mass is 35.5. The summed E-state index contributed by atoms with van der Waals surface area (Å²) in [5.41, 5.74) is 0.896. The van der Waals surface area contributed by atoms with Gasteiger partial charge in [-0.05, 0) is 18.2 Å². The van der Waals surface area contributed by atoms with E-state index in [9.17, 15) is 0 Å². The van der Waals surface area contributed by atoms with E-state index in [0.29, 0.717) is 22.5 Å². The lowest BCUT2D eigenvalue weighted by atomic mass is 10.3. The summed E-state index contributed by atoms with van der Waals surface area (Å²) in [6, 6.07) is 5.30. The molecular formula is C8H8Cl3N. The molecule has 0 bridgehead atoms. The van der Waals surface area contributed by atoms with E-state index in [1.807, 2.05) is 0 Å². The molecule has 66 valence electrons. The van der Waals surface area contributed by atoms with E-state index in [4.69, 9.17) is 34.8 Å². The molecule has 0 aliphatic rings. The fourth-order valence-electron chi connectivity index (χ4n) is 0.847. The summed E-state index contributed by atoms with van der Waals surface area (Å²) in [5, 5.41) is 4.32. The zero-order chi connectivity index (χ0) is 8.97. The Balaban J connectivity index is 2.72. The van der Waals surface area contributed by atoms with E-state index in [0.717, 1.165) is 5.69 Å². The van der Waals surface area contributed by atoms with Gasteiger partial charge in [-0.25, -0.2) is 0 Å². The molecule has 0 unspecified atom stereocenters. The van der Waals surface area contributed by atoms with Crippen LogP contribution < -0.4 is 5.32 Å². The first kappa shape index (κ1) is 9.97. The van der Waals surface area contributed by atoms with Crippen molar-refractivity contribution in [3.8, 4) is 0 Å². The quantitative estimate of drug-likeness (QED) is 0.773. The molecule has 1 nitrogen and oxygen atoms in total. The van der Waals surface area contributed by atoms with Gasteiger partial charge in [0.1, 0.15) is 0 Å². The Morgan fingerprint density at radius 3 is 2.17 bits per heavy atom. The minimum atomic E-state index is 0.560. The van der Waals surface area contributed by atoms with Crippen LogP contribution in [0.3, 0.4) is 0 Å². The predicted octanol–water partition coefficient (Wildman–Crippen LogP) is 3.64. The molecule has 0 aromatic heterocycles. The van der Waals surface area contributed by atoms with Crippen LogP contribution in [0.2, 0.25) is 10.0 Å². The van der Waals surface area contributed by atoms with Crippen LogP contribution >= 0.6 is 34.8 Å². The molecule has 1 rings (SSSR count). The molecule has 12 heavy (non-hydrogen) atoms. The second-order valence-corrected chi connectivity index (χ2v) is 3.52. The number of benzene rings is 1. The smallest absolute Gasteiger partial charge is 0.0441 e. The molecule has 0 heterocycles. The molecule has 1 aromatic rings. The van der Waals surface area contributed by atoms with Crippen molar-refractivity contribution in [2.45, 2.75) is 0 Å². The largest absolute Gasteiger partial charge is 0.384 e. The molecule has 0 amide bonds. The molecule has 0 fully saturated rings. The molecule has 1 aromatic carbocycles. The van der Waals surface area contributed by atoms with E-state index in [1.165, 1.54) is 0 Å². The molecule has 4 heteroatoms. The van der Waals surface area contributed by atoms with E-state index in [2.05, 4.69) is 5.32 Å². The first-order chi connectivity index (χ1) is 5.72. The van der Waals surface area contributed by atoms with Crippen LogP contribution in [0.4, 0.5) is 5.69 Å². The summed E-state index contributed by atoms with van der Waals surface area (Å²) in [6.45, 7) is 0.707. The van der Waals surface area contributed by atoms with Crippen LogP contribution in [-0.4, -0.2) is 12.4 Å². The van der Waals surface area contributed by atoms with Crippen LogP contribution in [-0.2, 0) is 0 Å². The van der Waals surface area contributed by atoms with Gasteiger partial charge in [0.15, 0.2) is 0 Å². The molecule has 0 spiro atoms. The predicted molar refractivity (Wildman–Crippen MR) is 55.7 cm³/mol. The molecule has 1 N–H and O–H groups in total. The second kappa shape index (κ2) is 4.80. The van der Waals surface area contributed by atoms with E-state index in [-0.39, 0.29) is 0 Å². The number of rotatable bonds is 3. The molecule has 0 saturated heterocycles. The maximum atomic E-state index is 5.77. The van der Waals surface area contributed by atoms with Crippen molar-refractivity contribution >= 4 is 40.5 Å². The highest BCUT2D eigenvalue weighted by Crippen LogP contribution is 2.22. The van der Waals surface area contributed by atoms with Crippen LogP contribution in [0.5, 0.6) is 0 Å². The Morgan fingerprint density at radius 2 is 1.67 bits per heavy atom. The minimum absolute atomic E-state index is 0.560. The summed E-state index contributed by atoms with van der Waals surface area (Å²) >= 11 is 17.0. The lowest BCUT2D eigenvalue weighted by Gasteiger charge is -2.04. The molecule has 0 radical (unpaired) electrons. The fraction of sp³-hybridized carbons (Fsp3) is 0.250. The summed E-state index contributed by atoms with van der Waals surface area (Å²) in [7, 11) is 0. The number of alkyl halides is 1. The van der Waals surface area contributed by atoms with Crippen LogP contribution in [0.25, 0.3) is 0 Å². The third kappa shape index (κ3) is 3.10. The lowest BCUT2D eigenvalue weighted by molar-refractivity contribution is 1.22. The van der Waals surface area contributed by atoms with Crippen molar-refractivity contribution in [1.82, 2.24) is 0 Å². The van der Waals surface area contributed by atoms with Crippen molar-refractivity contribution in [2.24, 2.45) is 0 Å². The van der Waals surface area contributed by atoms with Gasteiger partial charge >= 0.3 is 0 Å². The van der Waals surface area contributed by atoms with Crippen molar-refractivity contribution in [3.63, 3.8) is 0 Å². The number of anilines is 1. The summed E-state index contributed by atoms with van der Waals surface area (Å²) in [6.07, 6.45) is 0. The van der Waals surface area contributed by atoms with Gasteiger partial charge in [-0.1, -0.05) is 23.2 Å². The van der Waals surface area contributed by atoms with Gasteiger partial charge in [0.05, 0.1) is 0 Å². The average Bonchev–Trinajstić information content (AvgIpc) is 1.99. The zero-order valence-electron chi connectivity index (χ0n) is 6.28. The van der Waals surface area contributed by atoms with Gasteiger partial charge in [-0.15, -0.1) is 11.6 Å². The summed E-state index contributed by atoms with van der Waals surface area (Å²) in [5.74, 6) is 0.560. The first-order valence-electron chi connectivity index (χ1n) is 3.48. The Bertz CT molecular complexity index is 242. The lowest BCUT2D eigenvalue weighted by Crippen LogP contribution is -2.01. The van der Waals surface area contributed by atoms with E-state index >= 15 is 0 Å². The third-order valence-electron chi connectivity index (χ3n) is 1.29. The van der Waals surface area contributed by atoms with Crippen LogP contribution in [0, 0.1) is 0 Å².